The molecule has 1 aromatic carbocycles. The average molecular weight is 244 g/mol. The van der Waals surface area contributed by atoms with E-state index >= 15 is 0 Å². The summed E-state index contributed by atoms with van der Waals surface area (Å²) in [6.45, 7) is 0.414. The number of alkyl halides is 1. The lowest BCUT2D eigenvalue weighted by Gasteiger charge is -2.09. The van der Waals surface area contributed by atoms with E-state index in [0.29, 0.717) is 18.1 Å². The fourth-order valence-corrected chi connectivity index (χ4v) is 1.65. The molecule has 0 aromatic heterocycles. The quantitative estimate of drug-likeness (QED) is 0.464. The van der Waals surface area contributed by atoms with Crippen molar-refractivity contribution in [2.24, 2.45) is 0 Å². The second-order valence-corrected chi connectivity index (χ2v) is 3.74. The molecular weight excluding hydrogens is 234 g/mol. The number of nitro benzene ring substituents is 1. The maximum atomic E-state index is 10.6. The van der Waals surface area contributed by atoms with Crippen LogP contribution in [0.25, 0.3) is 0 Å². The molecule has 1 aliphatic rings. The van der Waals surface area contributed by atoms with E-state index in [4.69, 9.17) is 21.1 Å². The van der Waals surface area contributed by atoms with Crippen molar-refractivity contribution in [1.29, 1.82) is 0 Å². The van der Waals surface area contributed by atoms with Gasteiger partial charge in [0.05, 0.1) is 23.5 Å². The summed E-state index contributed by atoms with van der Waals surface area (Å²) in [6.07, 6.45) is -0.699. The monoisotopic (exact) mass is 243 g/mol. The Labute approximate surface area is 97.1 Å². The van der Waals surface area contributed by atoms with Crippen LogP contribution in [0.1, 0.15) is 11.9 Å². The van der Waals surface area contributed by atoms with Crippen molar-refractivity contribution in [2.45, 2.75) is 12.4 Å². The number of non-ortho nitro benzene ring substituents is 1. The summed E-state index contributed by atoms with van der Waals surface area (Å²) in [5.74, 6) is 0.353. The van der Waals surface area contributed by atoms with Crippen LogP contribution in [0.5, 0.6) is 0 Å². The van der Waals surface area contributed by atoms with Gasteiger partial charge in [-0.3, -0.25) is 10.1 Å². The van der Waals surface area contributed by atoms with Crippen molar-refractivity contribution < 1.29 is 14.4 Å². The Hall–Kier alpha value is -1.17. The van der Waals surface area contributed by atoms with Gasteiger partial charge in [-0.05, 0) is 0 Å². The van der Waals surface area contributed by atoms with Gasteiger partial charge in [-0.25, -0.2) is 0 Å². The van der Waals surface area contributed by atoms with Gasteiger partial charge >= 0.3 is 0 Å². The molecule has 1 heterocycles. The van der Waals surface area contributed by atoms with E-state index in [1.54, 1.807) is 12.1 Å². The third kappa shape index (κ3) is 2.32. The minimum absolute atomic E-state index is 0.0269. The van der Waals surface area contributed by atoms with Crippen LogP contribution in [0, 0.1) is 10.1 Å². The molecule has 16 heavy (non-hydrogen) atoms. The van der Waals surface area contributed by atoms with Gasteiger partial charge in [-0.2, -0.15) is 0 Å². The Morgan fingerprint density at radius 3 is 3.00 bits per heavy atom. The molecular formula is C10H10ClNO4. The number of nitrogens with zero attached hydrogens (tertiary/aromatic N) is 1. The van der Waals surface area contributed by atoms with Crippen molar-refractivity contribution >= 4 is 17.3 Å². The van der Waals surface area contributed by atoms with E-state index in [1.165, 1.54) is 12.1 Å². The topological polar surface area (TPSA) is 61.6 Å². The van der Waals surface area contributed by atoms with Crippen molar-refractivity contribution in [1.82, 2.24) is 0 Å². The molecule has 0 unspecified atom stereocenters. The molecule has 0 amide bonds. The standard InChI is InChI=1S/C10H10ClNO4/c11-5-9-6-15-10(16-9)7-2-1-3-8(4-7)12(13)14/h1-4,9-10H,5-6H2/t9-,10+/m0/s1. The molecule has 1 aliphatic heterocycles. The largest absolute Gasteiger partial charge is 0.346 e. The normalized spacial score (nSPS) is 24.6. The van der Waals surface area contributed by atoms with E-state index in [2.05, 4.69) is 0 Å². The molecule has 1 aromatic rings. The van der Waals surface area contributed by atoms with Crippen LogP contribution in [0.15, 0.2) is 24.3 Å². The number of benzene rings is 1. The molecule has 1 saturated heterocycles. The lowest BCUT2D eigenvalue weighted by molar-refractivity contribution is -0.385. The summed E-state index contributed by atoms with van der Waals surface area (Å²) in [4.78, 5) is 10.1. The van der Waals surface area contributed by atoms with Crippen LogP contribution in [0.4, 0.5) is 5.69 Å². The number of halogens is 1. The minimum atomic E-state index is -0.552. The van der Waals surface area contributed by atoms with Gasteiger partial charge in [0.1, 0.15) is 0 Å². The molecule has 5 nitrogen and oxygen atoms in total. The van der Waals surface area contributed by atoms with Gasteiger partial charge in [0.2, 0.25) is 0 Å². The smallest absolute Gasteiger partial charge is 0.269 e. The van der Waals surface area contributed by atoms with Crippen molar-refractivity contribution in [2.75, 3.05) is 12.5 Å². The highest BCUT2D eigenvalue weighted by Crippen LogP contribution is 2.29. The zero-order chi connectivity index (χ0) is 11.5. The highest BCUT2D eigenvalue weighted by Gasteiger charge is 2.27. The van der Waals surface area contributed by atoms with Gasteiger partial charge in [-0.1, -0.05) is 12.1 Å². The number of ether oxygens (including phenoxy) is 2. The molecule has 86 valence electrons. The third-order valence-corrected chi connectivity index (χ3v) is 2.62. The lowest BCUT2D eigenvalue weighted by Crippen LogP contribution is -2.10. The molecule has 2 atom stereocenters. The van der Waals surface area contributed by atoms with E-state index in [9.17, 15) is 10.1 Å². The first-order valence-electron chi connectivity index (χ1n) is 4.78. The fraction of sp³-hybridized carbons (Fsp3) is 0.400. The Morgan fingerprint density at radius 1 is 1.56 bits per heavy atom. The van der Waals surface area contributed by atoms with Crippen LogP contribution >= 0.6 is 11.6 Å². The second-order valence-electron chi connectivity index (χ2n) is 3.43. The van der Waals surface area contributed by atoms with Crippen molar-refractivity contribution in [3.05, 3.63) is 39.9 Å². The summed E-state index contributed by atoms with van der Waals surface area (Å²) < 4.78 is 10.8. The maximum Gasteiger partial charge on any atom is 0.269 e. The van der Waals surface area contributed by atoms with Crippen molar-refractivity contribution in [3.63, 3.8) is 0 Å². The minimum Gasteiger partial charge on any atom is -0.346 e. The molecule has 6 heteroatoms. The van der Waals surface area contributed by atoms with Gasteiger partial charge in [-0.15, -0.1) is 11.6 Å². The van der Waals surface area contributed by atoms with E-state index in [0.717, 1.165) is 0 Å². The fourth-order valence-electron chi connectivity index (χ4n) is 1.49. The van der Waals surface area contributed by atoms with E-state index in [1.807, 2.05) is 0 Å². The summed E-state index contributed by atoms with van der Waals surface area (Å²) in [5.41, 5.74) is 0.667. The first-order valence-corrected chi connectivity index (χ1v) is 5.31. The number of hydrogen-bond acceptors (Lipinski definition) is 4. The van der Waals surface area contributed by atoms with Crippen LogP contribution in [-0.2, 0) is 9.47 Å². The zero-order valence-corrected chi connectivity index (χ0v) is 9.09. The molecule has 0 aliphatic carbocycles. The molecule has 0 spiro atoms. The highest BCUT2D eigenvalue weighted by atomic mass is 35.5. The average Bonchev–Trinajstić information content (AvgIpc) is 2.77. The maximum absolute atomic E-state index is 10.6. The molecule has 1 fully saturated rings. The molecule has 2 rings (SSSR count). The predicted molar refractivity (Wildman–Crippen MR) is 57.4 cm³/mol. The van der Waals surface area contributed by atoms with Gasteiger partial charge in [0.25, 0.3) is 5.69 Å². The Morgan fingerprint density at radius 2 is 2.38 bits per heavy atom. The summed E-state index contributed by atoms with van der Waals surface area (Å²) in [5, 5.41) is 10.6. The number of rotatable bonds is 3. The third-order valence-electron chi connectivity index (χ3n) is 2.27. The summed E-state index contributed by atoms with van der Waals surface area (Å²) in [6, 6.07) is 6.21. The first kappa shape index (κ1) is 11.3. The molecule has 0 bridgehead atoms. The molecule has 0 N–H and O–H groups in total. The zero-order valence-electron chi connectivity index (χ0n) is 8.34. The van der Waals surface area contributed by atoms with Gasteiger partial charge < -0.3 is 9.47 Å². The summed E-state index contributed by atoms with van der Waals surface area (Å²) in [7, 11) is 0. The lowest BCUT2D eigenvalue weighted by atomic mass is 10.2. The van der Waals surface area contributed by atoms with E-state index in [-0.39, 0.29) is 11.8 Å². The molecule has 0 saturated carbocycles. The van der Waals surface area contributed by atoms with Crippen LogP contribution in [0.3, 0.4) is 0 Å². The number of nitro groups is 1. The number of hydrogen-bond donors (Lipinski definition) is 0. The first-order chi connectivity index (χ1) is 7.70. The second kappa shape index (κ2) is 4.78. The summed E-state index contributed by atoms with van der Waals surface area (Å²) >= 11 is 5.63. The van der Waals surface area contributed by atoms with Crippen molar-refractivity contribution in [3.8, 4) is 0 Å². The predicted octanol–water partition coefficient (Wildman–Crippen LogP) is 2.25. The van der Waals surface area contributed by atoms with E-state index < -0.39 is 11.2 Å². The van der Waals surface area contributed by atoms with Crippen LogP contribution in [-0.4, -0.2) is 23.5 Å². The Balaban J connectivity index is 2.15. The van der Waals surface area contributed by atoms with Crippen LogP contribution in [0.2, 0.25) is 0 Å². The van der Waals surface area contributed by atoms with Gasteiger partial charge in [0, 0.05) is 17.7 Å². The van der Waals surface area contributed by atoms with Crippen LogP contribution < -0.4 is 0 Å². The van der Waals surface area contributed by atoms with Gasteiger partial charge in [0.15, 0.2) is 6.29 Å². The molecule has 0 radical (unpaired) electrons. The highest BCUT2D eigenvalue weighted by molar-refractivity contribution is 6.18. The Kier molecular flexibility index (Phi) is 3.38. The Bertz CT molecular complexity index is 398. The SMILES string of the molecule is O=[N+]([O-])c1cccc([C@@H]2OC[C@H](CCl)O2)c1.